The molecule has 3 heterocycles. The van der Waals surface area contributed by atoms with Crippen LogP contribution < -0.4 is 5.32 Å². The third-order valence-corrected chi connectivity index (χ3v) is 6.50. The van der Waals surface area contributed by atoms with Crippen molar-refractivity contribution in [1.29, 1.82) is 0 Å². The molecule has 21 heavy (non-hydrogen) atoms. The molecule has 0 aliphatic carbocycles. The van der Waals surface area contributed by atoms with Crippen molar-refractivity contribution in [3.05, 3.63) is 22.4 Å². The largest absolute Gasteiger partial charge is 0.318 e. The monoisotopic (exact) mass is 326 g/mol. The lowest BCUT2D eigenvalue weighted by atomic mass is 10.0. The number of rotatable bonds is 3. The van der Waals surface area contributed by atoms with Crippen molar-refractivity contribution in [2.24, 2.45) is 5.92 Å². The summed E-state index contributed by atoms with van der Waals surface area (Å²) < 4.78 is 11.6. The van der Waals surface area contributed by atoms with Gasteiger partial charge in [-0.1, -0.05) is 13.8 Å². The number of hydrogen-bond donors (Lipinski definition) is 1. The van der Waals surface area contributed by atoms with Crippen LogP contribution in [0.2, 0.25) is 0 Å². The first kappa shape index (κ1) is 15.2. The first-order valence-corrected chi connectivity index (χ1v) is 9.96. The fourth-order valence-corrected chi connectivity index (χ4v) is 5.18. The van der Waals surface area contributed by atoms with E-state index in [1.54, 1.807) is 11.3 Å². The minimum Gasteiger partial charge on any atom is -0.318 e. The second-order valence-electron chi connectivity index (χ2n) is 6.17. The Labute approximate surface area is 132 Å². The first-order valence-electron chi connectivity index (χ1n) is 7.53. The highest BCUT2D eigenvalue weighted by Gasteiger charge is 2.44. The Kier molecular flexibility index (Phi) is 4.47. The summed E-state index contributed by atoms with van der Waals surface area (Å²) in [6.45, 7) is 4.17. The zero-order chi connectivity index (χ0) is 15.0. The highest BCUT2D eigenvalue weighted by molar-refractivity contribution is 7.85. The van der Waals surface area contributed by atoms with Gasteiger partial charge in [-0.05, 0) is 41.1 Å². The van der Waals surface area contributed by atoms with E-state index in [-0.39, 0.29) is 30.1 Å². The molecule has 0 saturated carbocycles. The Balaban J connectivity index is 1.86. The lowest BCUT2D eigenvalue weighted by Gasteiger charge is -2.34. The molecule has 2 aliphatic rings. The average Bonchev–Trinajstić information content (AvgIpc) is 3.07. The maximum atomic E-state index is 12.8. The van der Waals surface area contributed by atoms with E-state index in [9.17, 15) is 9.00 Å². The topological polar surface area (TPSA) is 49.4 Å². The van der Waals surface area contributed by atoms with E-state index >= 15 is 0 Å². The second-order valence-corrected chi connectivity index (χ2v) is 8.65. The molecule has 2 fully saturated rings. The summed E-state index contributed by atoms with van der Waals surface area (Å²) in [5.74, 6) is 1.93. The minimum atomic E-state index is -0.694. The van der Waals surface area contributed by atoms with Crippen LogP contribution in [0.25, 0.3) is 0 Å². The maximum absolute atomic E-state index is 12.8. The molecule has 1 aromatic rings. The number of nitrogens with zero attached hydrogens (tertiary/aromatic N) is 1. The quantitative estimate of drug-likeness (QED) is 0.925. The highest BCUT2D eigenvalue weighted by Crippen LogP contribution is 2.34. The van der Waals surface area contributed by atoms with Gasteiger partial charge >= 0.3 is 0 Å². The van der Waals surface area contributed by atoms with Crippen LogP contribution in [0, 0.1) is 5.92 Å². The van der Waals surface area contributed by atoms with Crippen molar-refractivity contribution in [3.63, 3.8) is 0 Å². The number of thiophene rings is 1. The van der Waals surface area contributed by atoms with E-state index in [0.717, 1.165) is 24.3 Å². The number of carbonyl (C=O) groups is 1. The molecule has 1 amide bonds. The summed E-state index contributed by atoms with van der Waals surface area (Å²) in [6.07, 6.45) is 1.68. The van der Waals surface area contributed by atoms with Gasteiger partial charge < -0.3 is 4.90 Å². The van der Waals surface area contributed by atoms with Crippen molar-refractivity contribution in [2.45, 2.75) is 44.9 Å². The van der Waals surface area contributed by atoms with Crippen LogP contribution in [0.4, 0.5) is 0 Å². The predicted molar refractivity (Wildman–Crippen MR) is 86.6 cm³/mol. The summed E-state index contributed by atoms with van der Waals surface area (Å²) in [5, 5.41) is 7.67. The SMILES string of the molecule is CC(C)C1NC(c2ccsc2)N(C2CCS(=O)CC2)C1=O. The number of nitrogens with one attached hydrogen (secondary N) is 1. The standard InChI is InChI=1S/C15H22N2O2S2/c1-10(2)13-15(18)17(12-4-7-21(19)8-5-12)14(16-13)11-3-6-20-9-11/h3,6,9-10,12-14,16H,4-5,7-8H2,1-2H3. The molecule has 2 aliphatic heterocycles. The molecule has 2 unspecified atom stereocenters. The van der Waals surface area contributed by atoms with Crippen molar-refractivity contribution in [2.75, 3.05) is 11.5 Å². The number of amides is 1. The smallest absolute Gasteiger partial charge is 0.241 e. The molecular weight excluding hydrogens is 304 g/mol. The zero-order valence-electron chi connectivity index (χ0n) is 12.5. The van der Waals surface area contributed by atoms with Gasteiger partial charge in [-0.15, -0.1) is 0 Å². The number of carbonyl (C=O) groups excluding carboxylic acids is 1. The predicted octanol–water partition coefficient (Wildman–Crippen LogP) is 2.11. The zero-order valence-corrected chi connectivity index (χ0v) is 14.1. The molecule has 4 nitrogen and oxygen atoms in total. The van der Waals surface area contributed by atoms with Gasteiger partial charge in [-0.25, -0.2) is 0 Å². The summed E-state index contributed by atoms with van der Waals surface area (Å²) in [5.41, 5.74) is 1.17. The van der Waals surface area contributed by atoms with Gasteiger partial charge in [0.1, 0.15) is 6.17 Å². The molecule has 3 rings (SSSR count). The summed E-state index contributed by atoms with van der Waals surface area (Å²) >= 11 is 1.66. The van der Waals surface area contributed by atoms with E-state index in [1.807, 2.05) is 4.90 Å². The van der Waals surface area contributed by atoms with Gasteiger partial charge in [0.15, 0.2) is 0 Å². The summed E-state index contributed by atoms with van der Waals surface area (Å²) in [6, 6.07) is 2.20. The third-order valence-electron chi connectivity index (χ3n) is 4.41. The molecule has 2 atom stereocenters. The van der Waals surface area contributed by atoms with Crippen LogP contribution in [0.5, 0.6) is 0 Å². The number of hydrogen-bond acceptors (Lipinski definition) is 4. The molecule has 6 heteroatoms. The van der Waals surface area contributed by atoms with E-state index in [2.05, 4.69) is 36.0 Å². The van der Waals surface area contributed by atoms with Crippen LogP contribution in [0.1, 0.15) is 38.4 Å². The molecule has 1 aromatic heterocycles. The van der Waals surface area contributed by atoms with Gasteiger partial charge in [0.2, 0.25) is 5.91 Å². The van der Waals surface area contributed by atoms with Crippen LogP contribution in [-0.4, -0.2) is 38.6 Å². The van der Waals surface area contributed by atoms with Gasteiger partial charge in [0, 0.05) is 28.3 Å². The van der Waals surface area contributed by atoms with E-state index < -0.39 is 10.8 Å². The van der Waals surface area contributed by atoms with Crippen molar-refractivity contribution >= 4 is 28.0 Å². The molecule has 116 valence electrons. The fraction of sp³-hybridized carbons (Fsp3) is 0.667. The second kappa shape index (κ2) is 6.18. The Hall–Kier alpha value is -0.720. The van der Waals surface area contributed by atoms with Crippen LogP contribution >= 0.6 is 11.3 Å². The van der Waals surface area contributed by atoms with Crippen LogP contribution in [-0.2, 0) is 15.6 Å². The Morgan fingerprint density at radius 1 is 1.38 bits per heavy atom. The first-order chi connectivity index (χ1) is 10.1. The van der Waals surface area contributed by atoms with Gasteiger partial charge in [-0.2, -0.15) is 11.3 Å². The summed E-state index contributed by atoms with van der Waals surface area (Å²) in [7, 11) is -0.694. The van der Waals surface area contributed by atoms with Crippen LogP contribution in [0.15, 0.2) is 16.8 Å². The molecular formula is C15H22N2O2S2. The Morgan fingerprint density at radius 3 is 2.67 bits per heavy atom. The van der Waals surface area contributed by atoms with E-state index in [4.69, 9.17) is 0 Å². The third kappa shape index (κ3) is 2.94. The van der Waals surface area contributed by atoms with E-state index in [1.165, 1.54) is 5.56 Å². The lowest BCUT2D eigenvalue weighted by Crippen LogP contribution is -2.44. The minimum absolute atomic E-state index is 0.0207. The molecule has 0 aromatic carbocycles. The Morgan fingerprint density at radius 2 is 2.10 bits per heavy atom. The molecule has 0 spiro atoms. The molecule has 0 bridgehead atoms. The Bertz CT molecular complexity index is 520. The maximum Gasteiger partial charge on any atom is 0.241 e. The van der Waals surface area contributed by atoms with Crippen molar-refractivity contribution in [3.8, 4) is 0 Å². The summed E-state index contributed by atoms with van der Waals surface area (Å²) in [4.78, 5) is 14.9. The normalized spacial score (nSPS) is 33.9. The van der Waals surface area contributed by atoms with Gasteiger partial charge in [-0.3, -0.25) is 14.3 Å². The van der Waals surface area contributed by atoms with Gasteiger partial charge in [0.05, 0.1) is 6.04 Å². The van der Waals surface area contributed by atoms with Crippen molar-refractivity contribution < 1.29 is 9.00 Å². The average molecular weight is 326 g/mol. The van der Waals surface area contributed by atoms with E-state index in [0.29, 0.717) is 0 Å². The highest BCUT2D eigenvalue weighted by atomic mass is 32.2. The molecule has 2 saturated heterocycles. The van der Waals surface area contributed by atoms with Crippen molar-refractivity contribution in [1.82, 2.24) is 10.2 Å². The van der Waals surface area contributed by atoms with Gasteiger partial charge in [0.25, 0.3) is 0 Å². The van der Waals surface area contributed by atoms with Crippen LogP contribution in [0.3, 0.4) is 0 Å². The fourth-order valence-electron chi connectivity index (χ4n) is 3.22. The molecule has 0 radical (unpaired) electrons. The lowest BCUT2D eigenvalue weighted by molar-refractivity contribution is -0.133. The molecule has 1 N–H and O–H groups in total.